The van der Waals surface area contributed by atoms with Crippen molar-refractivity contribution in [3.63, 3.8) is 0 Å². The fourth-order valence-corrected chi connectivity index (χ4v) is 2.62. The van der Waals surface area contributed by atoms with Gasteiger partial charge in [-0.05, 0) is 31.7 Å². The molecule has 1 amide bonds. The second-order valence-electron chi connectivity index (χ2n) is 4.77. The van der Waals surface area contributed by atoms with Crippen molar-refractivity contribution < 1.29 is 4.79 Å². The Bertz CT molecular complexity index is 575. The Balaban J connectivity index is 1.90. The van der Waals surface area contributed by atoms with Crippen molar-refractivity contribution in [2.24, 2.45) is 0 Å². The van der Waals surface area contributed by atoms with Crippen LogP contribution in [0, 0.1) is 0 Å². The predicted molar refractivity (Wildman–Crippen MR) is 71.7 cm³/mol. The van der Waals surface area contributed by atoms with E-state index in [1.54, 1.807) is 0 Å². The van der Waals surface area contributed by atoms with Gasteiger partial charge in [0.2, 0.25) is 0 Å². The number of likely N-dealkylation sites (N-methyl/N-ethyl adjacent to an activating group) is 1. The van der Waals surface area contributed by atoms with Gasteiger partial charge in [-0.25, -0.2) is 0 Å². The molecule has 0 bridgehead atoms. The summed E-state index contributed by atoms with van der Waals surface area (Å²) in [5.41, 5.74) is 1.82. The summed E-state index contributed by atoms with van der Waals surface area (Å²) in [4.78, 5) is 17.6. The highest BCUT2D eigenvalue weighted by Gasteiger charge is 2.26. The van der Waals surface area contributed by atoms with Gasteiger partial charge in [-0.15, -0.1) is 0 Å². The Hall–Kier alpha value is -1.81. The molecule has 1 saturated heterocycles. The normalized spacial score (nSPS) is 19.6. The smallest absolute Gasteiger partial charge is 0.254 e. The number of benzene rings is 1. The lowest BCUT2D eigenvalue weighted by molar-refractivity contribution is 0.0791. The van der Waals surface area contributed by atoms with Crippen LogP contribution in [0.25, 0.3) is 10.9 Å². The van der Waals surface area contributed by atoms with Crippen LogP contribution in [0.4, 0.5) is 0 Å². The topological polar surface area (TPSA) is 48.1 Å². The zero-order chi connectivity index (χ0) is 12.5. The van der Waals surface area contributed by atoms with Crippen LogP contribution in [-0.4, -0.2) is 42.0 Å². The number of amides is 1. The third kappa shape index (κ3) is 1.78. The maximum atomic E-state index is 12.5. The number of carbonyl (C=O) groups is 1. The molecule has 94 valence electrons. The van der Waals surface area contributed by atoms with E-state index in [4.69, 9.17) is 0 Å². The van der Waals surface area contributed by atoms with Crippen LogP contribution in [0.15, 0.2) is 30.5 Å². The first-order valence-corrected chi connectivity index (χ1v) is 6.32. The van der Waals surface area contributed by atoms with Crippen LogP contribution in [-0.2, 0) is 0 Å². The zero-order valence-corrected chi connectivity index (χ0v) is 10.4. The number of nitrogens with zero attached hydrogens (tertiary/aromatic N) is 1. The highest BCUT2D eigenvalue weighted by atomic mass is 16.2. The molecule has 1 aromatic heterocycles. The van der Waals surface area contributed by atoms with Gasteiger partial charge in [-0.2, -0.15) is 0 Å². The van der Waals surface area contributed by atoms with Crippen LogP contribution in [0.1, 0.15) is 16.8 Å². The van der Waals surface area contributed by atoms with Crippen molar-refractivity contribution in [3.8, 4) is 0 Å². The molecule has 0 aliphatic carbocycles. The average molecular weight is 243 g/mol. The number of aromatic amines is 1. The number of rotatable bonds is 2. The highest BCUT2D eigenvalue weighted by Crippen LogP contribution is 2.21. The first kappa shape index (κ1) is 11.3. The average Bonchev–Trinajstić information content (AvgIpc) is 3.05. The van der Waals surface area contributed by atoms with Crippen LogP contribution >= 0.6 is 0 Å². The molecule has 3 rings (SSSR count). The minimum absolute atomic E-state index is 0.137. The number of aromatic nitrogens is 1. The lowest BCUT2D eigenvalue weighted by atomic mass is 10.1. The van der Waals surface area contributed by atoms with E-state index in [0.29, 0.717) is 6.04 Å². The highest BCUT2D eigenvalue weighted by molar-refractivity contribution is 6.06. The lowest BCUT2D eigenvalue weighted by Gasteiger charge is -2.17. The number of hydrogen-bond acceptors (Lipinski definition) is 2. The molecule has 1 aliphatic rings. The molecule has 0 spiro atoms. The van der Waals surface area contributed by atoms with Crippen molar-refractivity contribution in [2.45, 2.75) is 12.5 Å². The van der Waals surface area contributed by atoms with Crippen LogP contribution in [0.3, 0.4) is 0 Å². The van der Waals surface area contributed by atoms with E-state index in [2.05, 4.69) is 10.3 Å². The molecule has 2 N–H and O–H groups in total. The number of likely N-dealkylation sites (tertiary alicyclic amines) is 1. The number of carbonyl (C=O) groups excluding carboxylic acids is 1. The molecule has 1 aliphatic heterocycles. The fraction of sp³-hybridized carbons (Fsp3) is 0.357. The summed E-state index contributed by atoms with van der Waals surface area (Å²) in [6, 6.07) is 8.23. The van der Waals surface area contributed by atoms with Gasteiger partial charge in [0.25, 0.3) is 5.91 Å². The molecule has 1 atom stereocenters. The van der Waals surface area contributed by atoms with Gasteiger partial charge in [-0.3, -0.25) is 4.79 Å². The summed E-state index contributed by atoms with van der Waals surface area (Å²) in [6.07, 6.45) is 2.91. The Morgan fingerprint density at radius 3 is 3.11 bits per heavy atom. The first-order valence-electron chi connectivity index (χ1n) is 6.32. The summed E-state index contributed by atoms with van der Waals surface area (Å²) < 4.78 is 0. The van der Waals surface area contributed by atoms with Gasteiger partial charge >= 0.3 is 0 Å². The molecule has 0 saturated carbocycles. The third-order valence-corrected chi connectivity index (χ3v) is 3.71. The fourth-order valence-electron chi connectivity index (χ4n) is 2.62. The van der Waals surface area contributed by atoms with Gasteiger partial charge in [0.15, 0.2) is 0 Å². The van der Waals surface area contributed by atoms with Gasteiger partial charge in [0, 0.05) is 41.8 Å². The lowest BCUT2D eigenvalue weighted by Crippen LogP contribution is -2.33. The van der Waals surface area contributed by atoms with Gasteiger partial charge < -0.3 is 15.2 Å². The third-order valence-electron chi connectivity index (χ3n) is 3.71. The summed E-state index contributed by atoms with van der Waals surface area (Å²) in [5.74, 6) is 0.137. The summed E-state index contributed by atoms with van der Waals surface area (Å²) >= 11 is 0. The maximum Gasteiger partial charge on any atom is 0.254 e. The van der Waals surface area contributed by atoms with E-state index in [1.165, 1.54) is 0 Å². The van der Waals surface area contributed by atoms with Crippen molar-refractivity contribution in [3.05, 3.63) is 36.0 Å². The molecule has 18 heavy (non-hydrogen) atoms. The van der Waals surface area contributed by atoms with E-state index >= 15 is 0 Å². The second kappa shape index (κ2) is 4.46. The number of fused-ring (bicyclic) bond motifs is 1. The van der Waals surface area contributed by atoms with E-state index in [0.717, 1.165) is 36.0 Å². The number of nitrogens with one attached hydrogen (secondary N) is 2. The molecular formula is C14H17N3O. The molecule has 4 nitrogen and oxygen atoms in total. The Kier molecular flexibility index (Phi) is 2.80. The van der Waals surface area contributed by atoms with E-state index < -0.39 is 0 Å². The Labute approximate surface area is 106 Å². The Morgan fingerprint density at radius 2 is 2.33 bits per heavy atom. The zero-order valence-electron chi connectivity index (χ0n) is 10.4. The SMILES string of the molecule is CNC1CCN(C(=O)c2cccc3[nH]ccc23)C1. The van der Waals surface area contributed by atoms with Crippen molar-refractivity contribution in [1.82, 2.24) is 15.2 Å². The second-order valence-corrected chi connectivity index (χ2v) is 4.77. The monoisotopic (exact) mass is 243 g/mol. The molecule has 0 radical (unpaired) electrons. The predicted octanol–water partition coefficient (Wildman–Crippen LogP) is 1.60. The largest absolute Gasteiger partial charge is 0.361 e. The van der Waals surface area contributed by atoms with Gasteiger partial charge in [-0.1, -0.05) is 6.07 Å². The molecule has 1 fully saturated rings. The van der Waals surface area contributed by atoms with Crippen LogP contribution < -0.4 is 5.32 Å². The van der Waals surface area contributed by atoms with E-state index in [1.807, 2.05) is 42.4 Å². The van der Waals surface area contributed by atoms with Gasteiger partial charge in [0.05, 0.1) is 0 Å². The molecular weight excluding hydrogens is 226 g/mol. The molecule has 1 unspecified atom stereocenters. The summed E-state index contributed by atoms with van der Waals surface area (Å²) in [7, 11) is 1.95. The summed E-state index contributed by atoms with van der Waals surface area (Å²) in [5, 5.41) is 4.24. The molecule has 4 heteroatoms. The molecule has 2 aromatic rings. The van der Waals surface area contributed by atoms with Crippen molar-refractivity contribution >= 4 is 16.8 Å². The molecule has 1 aromatic carbocycles. The van der Waals surface area contributed by atoms with Crippen molar-refractivity contribution in [1.29, 1.82) is 0 Å². The number of H-pyrrole nitrogens is 1. The summed E-state index contributed by atoms with van der Waals surface area (Å²) in [6.45, 7) is 1.64. The van der Waals surface area contributed by atoms with Gasteiger partial charge in [0.1, 0.15) is 0 Å². The first-order chi connectivity index (χ1) is 8.79. The Morgan fingerprint density at radius 1 is 1.44 bits per heavy atom. The minimum Gasteiger partial charge on any atom is -0.361 e. The maximum absolute atomic E-state index is 12.5. The number of hydrogen-bond donors (Lipinski definition) is 2. The van der Waals surface area contributed by atoms with Crippen molar-refractivity contribution in [2.75, 3.05) is 20.1 Å². The molecule has 2 heterocycles. The van der Waals surface area contributed by atoms with E-state index in [9.17, 15) is 4.79 Å². The van der Waals surface area contributed by atoms with Crippen LogP contribution in [0.5, 0.6) is 0 Å². The van der Waals surface area contributed by atoms with Crippen LogP contribution in [0.2, 0.25) is 0 Å². The van der Waals surface area contributed by atoms with E-state index in [-0.39, 0.29) is 5.91 Å². The standard InChI is InChI=1S/C14H17N3O/c1-15-10-6-8-17(9-10)14(18)12-3-2-4-13-11(12)5-7-16-13/h2-5,7,10,15-16H,6,8-9H2,1H3. The minimum atomic E-state index is 0.137. The quantitative estimate of drug-likeness (QED) is 0.841.